The molecular weight excluding hydrogens is 240 g/mol. The van der Waals surface area contributed by atoms with Gasteiger partial charge in [-0.3, -0.25) is 0 Å². The Morgan fingerprint density at radius 2 is 1.88 bits per heavy atom. The first kappa shape index (κ1) is 16.8. The third-order valence-corrected chi connectivity index (χ3v) is 2.83. The van der Waals surface area contributed by atoms with E-state index in [0.717, 1.165) is 13.2 Å². The van der Waals surface area contributed by atoms with Crippen LogP contribution in [0.3, 0.4) is 0 Å². The first-order valence-corrected chi connectivity index (χ1v) is 7.79. The van der Waals surface area contributed by atoms with Gasteiger partial charge in [0.05, 0.1) is 12.9 Å². The molecule has 2 N–H and O–H groups in total. The molecule has 6 heteroatoms. The van der Waals surface area contributed by atoms with Crippen molar-refractivity contribution < 1.29 is 13.2 Å². The molecule has 0 amide bonds. The number of sulfonamides is 1. The molecule has 17 heavy (non-hydrogen) atoms. The highest BCUT2D eigenvalue weighted by atomic mass is 32.2. The van der Waals surface area contributed by atoms with Gasteiger partial charge in [0.25, 0.3) is 0 Å². The van der Waals surface area contributed by atoms with Crippen LogP contribution in [-0.2, 0) is 14.8 Å². The average Bonchev–Trinajstić information content (AvgIpc) is 2.06. The summed E-state index contributed by atoms with van der Waals surface area (Å²) in [7, 11) is -3.16. The summed E-state index contributed by atoms with van der Waals surface area (Å²) in [6.07, 6.45) is 1.17. The van der Waals surface area contributed by atoms with Crippen molar-refractivity contribution in [1.82, 2.24) is 10.0 Å². The molecule has 0 aromatic carbocycles. The van der Waals surface area contributed by atoms with E-state index in [1.807, 2.05) is 13.8 Å². The van der Waals surface area contributed by atoms with Crippen LogP contribution in [0.2, 0.25) is 0 Å². The molecule has 0 aliphatic heterocycles. The van der Waals surface area contributed by atoms with Crippen molar-refractivity contribution in [2.45, 2.75) is 33.2 Å². The Balaban J connectivity index is 3.66. The van der Waals surface area contributed by atoms with Gasteiger partial charge in [0.15, 0.2) is 0 Å². The van der Waals surface area contributed by atoms with E-state index in [4.69, 9.17) is 4.74 Å². The number of ether oxygens (including phenoxy) is 1. The minimum Gasteiger partial charge on any atom is -0.380 e. The van der Waals surface area contributed by atoms with E-state index in [2.05, 4.69) is 23.9 Å². The zero-order valence-electron chi connectivity index (χ0n) is 11.5. The summed E-state index contributed by atoms with van der Waals surface area (Å²) in [5, 5.41) is 3.17. The molecule has 0 atom stereocenters. The van der Waals surface area contributed by atoms with Crippen molar-refractivity contribution >= 4 is 10.0 Å². The van der Waals surface area contributed by atoms with Crippen LogP contribution >= 0.6 is 0 Å². The van der Waals surface area contributed by atoms with Crippen LogP contribution in [0.1, 0.15) is 27.7 Å². The lowest BCUT2D eigenvalue weighted by Crippen LogP contribution is -2.50. The topological polar surface area (TPSA) is 67.4 Å². The second kappa shape index (κ2) is 7.31. The molecule has 0 spiro atoms. The van der Waals surface area contributed by atoms with Crippen molar-refractivity contribution in [2.24, 2.45) is 5.92 Å². The summed E-state index contributed by atoms with van der Waals surface area (Å²) < 4.78 is 30.2. The second-order valence-electron chi connectivity index (χ2n) is 5.40. The van der Waals surface area contributed by atoms with Gasteiger partial charge in [0.2, 0.25) is 10.0 Å². The molecule has 5 nitrogen and oxygen atoms in total. The molecule has 0 rings (SSSR count). The first-order valence-electron chi connectivity index (χ1n) is 5.90. The lowest BCUT2D eigenvalue weighted by Gasteiger charge is -2.25. The Bertz CT molecular complexity index is 300. The van der Waals surface area contributed by atoms with E-state index in [9.17, 15) is 8.42 Å². The molecule has 0 radical (unpaired) electrons. The molecule has 104 valence electrons. The summed E-state index contributed by atoms with van der Waals surface area (Å²) in [4.78, 5) is 0. The molecule has 0 saturated heterocycles. The maximum atomic E-state index is 11.1. The summed E-state index contributed by atoms with van der Waals surface area (Å²) in [6.45, 7) is 10.6. The summed E-state index contributed by atoms with van der Waals surface area (Å²) in [6, 6.07) is 0. The first-order chi connectivity index (χ1) is 7.62. The highest BCUT2D eigenvalue weighted by Crippen LogP contribution is 2.01. The Kier molecular flexibility index (Phi) is 7.23. The fraction of sp³-hybridized carbons (Fsp3) is 1.00. The smallest absolute Gasteiger partial charge is 0.209 e. The minimum absolute atomic E-state index is 0.481. The van der Waals surface area contributed by atoms with Gasteiger partial charge in [-0.25, -0.2) is 13.1 Å². The third kappa shape index (κ3) is 12.1. The lowest BCUT2D eigenvalue weighted by molar-refractivity contribution is 0.111. The standard InChI is InChI=1S/C11H26N2O3S/c1-10(2)8-16-7-6-12-9-11(3,4)13-17(5,14)15/h10,12-13H,6-9H2,1-5H3. The van der Waals surface area contributed by atoms with Crippen LogP contribution in [0.5, 0.6) is 0 Å². The van der Waals surface area contributed by atoms with Crippen LogP contribution in [0.4, 0.5) is 0 Å². The largest absolute Gasteiger partial charge is 0.380 e. The molecule has 0 aromatic rings. The molecule has 0 heterocycles. The monoisotopic (exact) mass is 266 g/mol. The molecular formula is C11H26N2O3S. The van der Waals surface area contributed by atoms with Gasteiger partial charge in [-0.1, -0.05) is 13.8 Å². The van der Waals surface area contributed by atoms with E-state index in [-0.39, 0.29) is 0 Å². The van der Waals surface area contributed by atoms with Crippen LogP contribution in [-0.4, -0.2) is 46.5 Å². The van der Waals surface area contributed by atoms with Gasteiger partial charge < -0.3 is 10.1 Å². The highest BCUT2D eigenvalue weighted by molar-refractivity contribution is 7.88. The second-order valence-corrected chi connectivity index (χ2v) is 7.15. The van der Waals surface area contributed by atoms with Gasteiger partial charge >= 0.3 is 0 Å². The van der Waals surface area contributed by atoms with Crippen LogP contribution in [0.15, 0.2) is 0 Å². The fourth-order valence-electron chi connectivity index (χ4n) is 1.40. The van der Waals surface area contributed by atoms with E-state index in [1.165, 1.54) is 6.26 Å². The quantitative estimate of drug-likeness (QED) is 0.599. The number of hydrogen-bond donors (Lipinski definition) is 2. The summed E-state index contributed by atoms with van der Waals surface area (Å²) in [5.41, 5.74) is -0.481. The van der Waals surface area contributed by atoms with Crippen molar-refractivity contribution in [3.8, 4) is 0 Å². The van der Waals surface area contributed by atoms with Gasteiger partial charge in [-0.05, 0) is 19.8 Å². The van der Waals surface area contributed by atoms with Gasteiger partial charge in [-0.2, -0.15) is 0 Å². The zero-order chi connectivity index (χ0) is 13.5. The molecule has 0 unspecified atom stereocenters. The zero-order valence-corrected chi connectivity index (χ0v) is 12.4. The number of nitrogens with one attached hydrogen (secondary N) is 2. The minimum atomic E-state index is -3.16. The predicted octanol–water partition coefficient (Wildman–Crippen LogP) is 0.576. The average molecular weight is 266 g/mol. The molecule has 0 aromatic heterocycles. The van der Waals surface area contributed by atoms with Crippen molar-refractivity contribution in [3.05, 3.63) is 0 Å². The van der Waals surface area contributed by atoms with Crippen LogP contribution in [0, 0.1) is 5.92 Å². The Morgan fingerprint density at radius 3 is 2.35 bits per heavy atom. The van der Waals surface area contributed by atoms with Gasteiger partial charge in [0, 0.05) is 25.2 Å². The Labute approximate surface area is 105 Å². The van der Waals surface area contributed by atoms with E-state index < -0.39 is 15.6 Å². The van der Waals surface area contributed by atoms with Gasteiger partial charge in [0.1, 0.15) is 0 Å². The molecule has 0 aliphatic rings. The molecule has 0 bridgehead atoms. The third-order valence-electron chi connectivity index (χ3n) is 1.90. The normalized spacial score (nSPS) is 13.3. The highest BCUT2D eigenvalue weighted by Gasteiger charge is 2.21. The predicted molar refractivity (Wildman–Crippen MR) is 70.6 cm³/mol. The Hall–Kier alpha value is -0.170. The van der Waals surface area contributed by atoms with E-state index in [0.29, 0.717) is 19.1 Å². The Morgan fingerprint density at radius 1 is 1.29 bits per heavy atom. The van der Waals surface area contributed by atoms with Crippen LogP contribution in [0.25, 0.3) is 0 Å². The summed E-state index contributed by atoms with van der Waals surface area (Å²) >= 11 is 0. The summed E-state index contributed by atoms with van der Waals surface area (Å²) in [5.74, 6) is 0.540. The van der Waals surface area contributed by atoms with Crippen LogP contribution < -0.4 is 10.0 Å². The molecule has 0 aliphatic carbocycles. The number of rotatable bonds is 9. The van der Waals surface area contributed by atoms with Crippen molar-refractivity contribution in [1.29, 1.82) is 0 Å². The maximum absolute atomic E-state index is 11.1. The van der Waals surface area contributed by atoms with E-state index >= 15 is 0 Å². The molecule has 0 saturated carbocycles. The SMILES string of the molecule is CC(C)COCCNCC(C)(C)NS(C)(=O)=O. The fourth-order valence-corrected chi connectivity index (χ4v) is 2.48. The maximum Gasteiger partial charge on any atom is 0.209 e. The van der Waals surface area contributed by atoms with Gasteiger partial charge in [-0.15, -0.1) is 0 Å². The van der Waals surface area contributed by atoms with Crippen molar-refractivity contribution in [2.75, 3.05) is 32.6 Å². The van der Waals surface area contributed by atoms with Crippen molar-refractivity contribution in [3.63, 3.8) is 0 Å². The lowest BCUT2D eigenvalue weighted by atomic mass is 10.1. The van der Waals surface area contributed by atoms with E-state index in [1.54, 1.807) is 0 Å². The molecule has 0 fully saturated rings. The number of hydrogen-bond acceptors (Lipinski definition) is 4.